The summed E-state index contributed by atoms with van der Waals surface area (Å²) in [6.07, 6.45) is -1.28. The molecule has 2 rings (SSSR count). The van der Waals surface area contributed by atoms with Crippen LogP contribution in [-0.4, -0.2) is 30.7 Å². The summed E-state index contributed by atoms with van der Waals surface area (Å²) in [6, 6.07) is 0. The van der Waals surface area contributed by atoms with Crippen molar-refractivity contribution in [3.8, 4) is 0 Å². The zero-order valence-electron chi connectivity index (χ0n) is 11.0. The van der Waals surface area contributed by atoms with Gasteiger partial charge in [0.15, 0.2) is 0 Å². The van der Waals surface area contributed by atoms with Crippen molar-refractivity contribution < 1.29 is 18.1 Å². The molecule has 3 atom stereocenters. The van der Waals surface area contributed by atoms with Gasteiger partial charge in [0.1, 0.15) is 12.3 Å². The molecule has 0 aromatic heterocycles. The van der Waals surface area contributed by atoms with Crippen molar-refractivity contribution in [1.82, 2.24) is 0 Å². The van der Waals surface area contributed by atoms with E-state index in [0.717, 1.165) is 0 Å². The van der Waals surface area contributed by atoms with Crippen molar-refractivity contribution >= 4 is 7.12 Å². The maximum absolute atomic E-state index is 13.9. The molecule has 1 saturated carbocycles. The molecule has 0 spiro atoms. The first-order valence-corrected chi connectivity index (χ1v) is 6.37. The van der Waals surface area contributed by atoms with Gasteiger partial charge in [-0.25, -0.2) is 8.78 Å². The largest absolute Gasteiger partial charge is 0.464 e. The molecule has 5 heteroatoms. The Bertz CT molecular complexity index is 280. The number of alkyl halides is 2. The van der Waals surface area contributed by atoms with Crippen LogP contribution in [0.25, 0.3) is 0 Å². The second-order valence-corrected chi connectivity index (χ2v) is 6.21. The van der Waals surface area contributed by atoms with E-state index < -0.39 is 30.7 Å². The maximum atomic E-state index is 13.9. The molecule has 1 heterocycles. The molecule has 3 unspecified atom stereocenters. The van der Waals surface area contributed by atoms with Crippen molar-refractivity contribution in [3.05, 3.63) is 0 Å². The zero-order valence-corrected chi connectivity index (χ0v) is 11.0. The van der Waals surface area contributed by atoms with E-state index in [-0.39, 0.29) is 12.2 Å². The molecule has 1 saturated heterocycles. The molecule has 0 aromatic carbocycles. The number of rotatable bonds is 1. The van der Waals surface area contributed by atoms with Crippen LogP contribution in [0.2, 0.25) is 5.82 Å². The van der Waals surface area contributed by atoms with Crippen LogP contribution in [-0.2, 0) is 9.31 Å². The van der Waals surface area contributed by atoms with Gasteiger partial charge in [-0.2, -0.15) is 0 Å². The van der Waals surface area contributed by atoms with Crippen LogP contribution >= 0.6 is 0 Å². The lowest BCUT2D eigenvalue weighted by atomic mass is 9.63. The minimum absolute atomic E-state index is 0.0191. The number of hydrogen-bond acceptors (Lipinski definition) is 2. The third-order valence-electron chi connectivity index (χ3n) is 4.38. The third-order valence-corrected chi connectivity index (χ3v) is 4.38. The standard InChI is InChI=1S/C12H21BF2O2/c1-11(2)12(3,4)17-13(16-11)9-6-5-8(14)7-10(9)15/h8-10H,5-7H2,1-4H3. The summed E-state index contributed by atoms with van der Waals surface area (Å²) < 4.78 is 38.6. The second-order valence-electron chi connectivity index (χ2n) is 6.21. The van der Waals surface area contributed by atoms with Gasteiger partial charge >= 0.3 is 7.12 Å². The fourth-order valence-corrected chi connectivity index (χ4v) is 2.46. The molecule has 17 heavy (non-hydrogen) atoms. The average molecular weight is 246 g/mol. The third kappa shape index (κ3) is 2.36. The first-order chi connectivity index (χ1) is 7.73. The zero-order chi connectivity index (χ0) is 12.8. The van der Waals surface area contributed by atoms with E-state index in [1.807, 2.05) is 27.7 Å². The van der Waals surface area contributed by atoms with Gasteiger partial charge in [-0.3, -0.25) is 0 Å². The summed E-state index contributed by atoms with van der Waals surface area (Å²) in [6.45, 7) is 7.78. The lowest BCUT2D eigenvalue weighted by Crippen LogP contribution is -2.41. The minimum Gasteiger partial charge on any atom is -0.403 e. The lowest BCUT2D eigenvalue weighted by Gasteiger charge is -2.32. The quantitative estimate of drug-likeness (QED) is 0.661. The SMILES string of the molecule is CC1(C)OB(C2CCC(F)CC2F)OC1(C)C. The van der Waals surface area contributed by atoms with Gasteiger partial charge in [0.05, 0.1) is 11.2 Å². The Morgan fingerprint density at radius 3 is 2.00 bits per heavy atom. The van der Waals surface area contributed by atoms with Crippen LogP contribution in [0.4, 0.5) is 8.78 Å². The molecule has 98 valence electrons. The topological polar surface area (TPSA) is 18.5 Å². The maximum Gasteiger partial charge on any atom is 0.464 e. The summed E-state index contributed by atoms with van der Waals surface area (Å²) in [5.41, 5.74) is -0.881. The average Bonchev–Trinajstić information content (AvgIpc) is 2.35. The normalized spacial score (nSPS) is 40.6. The minimum atomic E-state index is -1.16. The summed E-state index contributed by atoms with van der Waals surface area (Å²) in [5, 5.41) is 0. The molecular weight excluding hydrogens is 225 g/mol. The van der Waals surface area contributed by atoms with Gasteiger partial charge < -0.3 is 9.31 Å². The fraction of sp³-hybridized carbons (Fsp3) is 1.00. The fourth-order valence-electron chi connectivity index (χ4n) is 2.46. The van der Waals surface area contributed by atoms with E-state index in [4.69, 9.17) is 9.31 Å². The Morgan fingerprint density at radius 1 is 1.00 bits per heavy atom. The molecule has 0 aromatic rings. The first-order valence-electron chi connectivity index (χ1n) is 6.37. The van der Waals surface area contributed by atoms with Gasteiger partial charge in [-0.1, -0.05) is 0 Å². The highest BCUT2D eigenvalue weighted by Crippen LogP contribution is 2.45. The first kappa shape index (κ1) is 13.3. The van der Waals surface area contributed by atoms with Crippen molar-refractivity contribution in [2.24, 2.45) is 0 Å². The molecule has 2 nitrogen and oxygen atoms in total. The van der Waals surface area contributed by atoms with E-state index in [1.54, 1.807) is 0 Å². The van der Waals surface area contributed by atoms with Crippen molar-refractivity contribution in [1.29, 1.82) is 0 Å². The van der Waals surface area contributed by atoms with E-state index in [1.165, 1.54) is 0 Å². The van der Waals surface area contributed by atoms with E-state index in [9.17, 15) is 8.78 Å². The summed E-state index contributed by atoms with van der Waals surface area (Å²) >= 11 is 0. The monoisotopic (exact) mass is 246 g/mol. The highest BCUT2D eigenvalue weighted by molar-refractivity contribution is 6.47. The summed E-state index contributed by atoms with van der Waals surface area (Å²) in [4.78, 5) is 0. The molecule has 0 radical (unpaired) electrons. The Hall–Kier alpha value is -0.155. The molecule has 0 N–H and O–H groups in total. The van der Waals surface area contributed by atoms with Gasteiger partial charge in [0, 0.05) is 12.2 Å². The van der Waals surface area contributed by atoms with E-state index in [2.05, 4.69) is 0 Å². The van der Waals surface area contributed by atoms with Crippen LogP contribution in [0.5, 0.6) is 0 Å². The van der Waals surface area contributed by atoms with Gasteiger partial charge in [-0.15, -0.1) is 0 Å². The van der Waals surface area contributed by atoms with Crippen molar-refractivity contribution in [3.63, 3.8) is 0 Å². The van der Waals surface area contributed by atoms with Crippen LogP contribution in [0.3, 0.4) is 0 Å². The summed E-state index contributed by atoms with van der Waals surface area (Å²) in [5.74, 6) is -0.331. The number of hydrogen-bond donors (Lipinski definition) is 0. The molecule has 1 aliphatic carbocycles. The smallest absolute Gasteiger partial charge is 0.403 e. The number of halogens is 2. The molecule has 0 amide bonds. The Balaban J connectivity index is 2.06. The Labute approximate surface area is 102 Å². The molecule has 0 bridgehead atoms. The lowest BCUT2D eigenvalue weighted by molar-refractivity contribution is 0.00578. The van der Waals surface area contributed by atoms with Crippen molar-refractivity contribution in [2.75, 3.05) is 0 Å². The summed E-state index contributed by atoms with van der Waals surface area (Å²) in [7, 11) is -0.539. The van der Waals surface area contributed by atoms with Crippen LogP contribution < -0.4 is 0 Å². The van der Waals surface area contributed by atoms with Gasteiger partial charge in [-0.05, 0) is 40.5 Å². The van der Waals surface area contributed by atoms with Crippen LogP contribution in [0.1, 0.15) is 47.0 Å². The Kier molecular flexibility index (Phi) is 3.28. The van der Waals surface area contributed by atoms with Gasteiger partial charge in [0.2, 0.25) is 0 Å². The van der Waals surface area contributed by atoms with E-state index >= 15 is 0 Å². The molecule has 2 fully saturated rings. The highest BCUT2D eigenvalue weighted by atomic mass is 19.1. The molecule has 1 aliphatic heterocycles. The van der Waals surface area contributed by atoms with Gasteiger partial charge in [0.25, 0.3) is 0 Å². The van der Waals surface area contributed by atoms with Crippen LogP contribution in [0, 0.1) is 0 Å². The predicted molar refractivity (Wildman–Crippen MR) is 63.5 cm³/mol. The van der Waals surface area contributed by atoms with E-state index in [0.29, 0.717) is 12.8 Å². The second kappa shape index (κ2) is 4.20. The molecule has 2 aliphatic rings. The van der Waals surface area contributed by atoms with Crippen LogP contribution in [0.15, 0.2) is 0 Å². The highest BCUT2D eigenvalue weighted by Gasteiger charge is 2.55. The molecular formula is C12H21BF2O2. The van der Waals surface area contributed by atoms with Crippen molar-refractivity contribution in [2.45, 2.75) is 76.3 Å². The predicted octanol–water partition coefficient (Wildman–Crippen LogP) is 3.31. The Morgan fingerprint density at radius 2 is 1.53 bits per heavy atom.